The van der Waals surface area contributed by atoms with Gasteiger partial charge in [0.25, 0.3) is 0 Å². The van der Waals surface area contributed by atoms with Crippen LogP contribution in [0, 0.1) is 27.7 Å². The second-order valence-corrected chi connectivity index (χ2v) is 7.92. The van der Waals surface area contributed by atoms with Crippen molar-refractivity contribution >= 4 is 29.3 Å². The number of carbonyl (C=O) groups is 2. The fourth-order valence-electron chi connectivity index (χ4n) is 3.28. The molecule has 0 spiro atoms. The van der Waals surface area contributed by atoms with Gasteiger partial charge in [0.15, 0.2) is 0 Å². The summed E-state index contributed by atoms with van der Waals surface area (Å²) in [7, 11) is 1.33. The maximum Gasteiger partial charge on any atom is 0.337 e. The molecule has 0 aliphatic heterocycles. The Morgan fingerprint density at radius 3 is 2.40 bits per heavy atom. The van der Waals surface area contributed by atoms with Crippen LogP contribution >= 0.6 is 11.8 Å². The van der Waals surface area contributed by atoms with Crippen LogP contribution in [0.1, 0.15) is 32.6 Å². The van der Waals surface area contributed by atoms with E-state index >= 15 is 0 Å². The van der Waals surface area contributed by atoms with Crippen LogP contribution in [-0.4, -0.2) is 44.9 Å². The number of methoxy groups -OCH3 is 1. The number of anilines is 1. The second kappa shape index (κ2) is 9.08. The highest BCUT2D eigenvalue weighted by Gasteiger charge is 2.16. The number of carbonyl (C=O) groups excluding carboxylic acids is 2. The summed E-state index contributed by atoms with van der Waals surface area (Å²) in [6, 6.07) is 9.13. The zero-order valence-electron chi connectivity index (χ0n) is 17.5. The van der Waals surface area contributed by atoms with Crippen molar-refractivity contribution in [1.29, 1.82) is 0 Å². The van der Waals surface area contributed by atoms with Gasteiger partial charge in [-0.25, -0.2) is 4.79 Å². The molecule has 1 amide bonds. The van der Waals surface area contributed by atoms with Gasteiger partial charge in [-0.1, -0.05) is 29.5 Å². The van der Waals surface area contributed by atoms with Crippen LogP contribution in [0.2, 0.25) is 0 Å². The van der Waals surface area contributed by atoms with Crippen molar-refractivity contribution in [2.75, 3.05) is 18.2 Å². The Bertz CT molecular complexity index is 1090. The predicted molar refractivity (Wildman–Crippen MR) is 115 cm³/mol. The molecule has 30 heavy (non-hydrogen) atoms. The molecule has 0 aliphatic carbocycles. The largest absolute Gasteiger partial charge is 0.465 e. The molecule has 8 nitrogen and oxygen atoms in total. The van der Waals surface area contributed by atoms with Crippen LogP contribution in [0.4, 0.5) is 5.69 Å². The maximum atomic E-state index is 12.5. The van der Waals surface area contributed by atoms with Gasteiger partial charge in [0.2, 0.25) is 11.1 Å². The van der Waals surface area contributed by atoms with Crippen molar-refractivity contribution < 1.29 is 14.3 Å². The Hall–Kier alpha value is -3.20. The number of hydrogen-bond donors (Lipinski definition) is 1. The SMILES string of the molecule is COC(=O)c1ccc(NC(=O)CSc2nnnn2-c2c(C)cc(C)cc2C)c(C)c1. The van der Waals surface area contributed by atoms with Gasteiger partial charge in [0.1, 0.15) is 0 Å². The highest BCUT2D eigenvalue weighted by Crippen LogP contribution is 2.25. The van der Waals surface area contributed by atoms with Crippen molar-refractivity contribution in [1.82, 2.24) is 20.2 Å². The summed E-state index contributed by atoms with van der Waals surface area (Å²) >= 11 is 1.26. The maximum absolute atomic E-state index is 12.5. The van der Waals surface area contributed by atoms with Crippen LogP contribution in [0.15, 0.2) is 35.5 Å². The number of benzene rings is 2. The van der Waals surface area contributed by atoms with Gasteiger partial charge in [0, 0.05) is 5.69 Å². The summed E-state index contributed by atoms with van der Waals surface area (Å²) in [5.41, 5.74) is 6.06. The molecule has 1 N–H and O–H groups in total. The average molecular weight is 426 g/mol. The first-order chi connectivity index (χ1) is 14.3. The molecule has 0 saturated heterocycles. The zero-order chi connectivity index (χ0) is 21.8. The topological polar surface area (TPSA) is 99.0 Å². The average Bonchev–Trinajstić information content (AvgIpc) is 3.14. The van der Waals surface area contributed by atoms with E-state index in [4.69, 9.17) is 4.74 Å². The Morgan fingerprint density at radius 2 is 1.77 bits per heavy atom. The van der Waals surface area contributed by atoms with E-state index in [1.165, 1.54) is 24.4 Å². The van der Waals surface area contributed by atoms with Crippen LogP contribution in [0.25, 0.3) is 5.69 Å². The summed E-state index contributed by atoms with van der Waals surface area (Å²) in [5.74, 6) is -0.469. The number of nitrogens with zero attached hydrogens (tertiary/aromatic N) is 4. The molecule has 2 aromatic carbocycles. The van der Waals surface area contributed by atoms with E-state index in [2.05, 4.69) is 33.0 Å². The molecule has 156 valence electrons. The van der Waals surface area contributed by atoms with Gasteiger partial charge in [-0.05, 0) is 73.0 Å². The molecule has 0 atom stereocenters. The zero-order valence-corrected chi connectivity index (χ0v) is 18.3. The molecular weight excluding hydrogens is 402 g/mol. The van der Waals surface area contributed by atoms with Crippen molar-refractivity contribution in [3.8, 4) is 5.69 Å². The molecule has 3 rings (SSSR count). The Balaban J connectivity index is 1.70. The third-order valence-corrected chi connectivity index (χ3v) is 5.46. The Kier molecular flexibility index (Phi) is 6.51. The third-order valence-electron chi connectivity index (χ3n) is 4.54. The molecule has 9 heteroatoms. The number of hydrogen-bond acceptors (Lipinski definition) is 7. The van der Waals surface area contributed by atoms with Gasteiger partial charge in [0.05, 0.1) is 24.1 Å². The number of amides is 1. The number of aryl methyl sites for hydroxylation is 4. The van der Waals surface area contributed by atoms with Crippen molar-refractivity contribution in [2.24, 2.45) is 0 Å². The summed E-state index contributed by atoms with van der Waals surface area (Å²) in [6.07, 6.45) is 0. The lowest BCUT2D eigenvalue weighted by atomic mass is 10.1. The van der Waals surface area contributed by atoms with Gasteiger partial charge in [-0.2, -0.15) is 4.68 Å². The molecular formula is C21H23N5O3S. The van der Waals surface area contributed by atoms with E-state index in [9.17, 15) is 9.59 Å². The highest BCUT2D eigenvalue weighted by atomic mass is 32.2. The second-order valence-electron chi connectivity index (χ2n) is 6.98. The third kappa shape index (κ3) is 4.68. The molecule has 0 aliphatic rings. The Labute approximate surface area is 179 Å². The van der Waals surface area contributed by atoms with Crippen LogP contribution in [0.3, 0.4) is 0 Å². The molecule has 1 aromatic heterocycles. The number of ether oxygens (including phenoxy) is 1. The van der Waals surface area contributed by atoms with E-state index < -0.39 is 5.97 Å². The lowest BCUT2D eigenvalue weighted by Crippen LogP contribution is -2.16. The highest BCUT2D eigenvalue weighted by molar-refractivity contribution is 7.99. The summed E-state index contributed by atoms with van der Waals surface area (Å²) in [6.45, 7) is 7.89. The number of nitrogens with one attached hydrogen (secondary N) is 1. The minimum Gasteiger partial charge on any atom is -0.465 e. The first-order valence-electron chi connectivity index (χ1n) is 9.28. The quantitative estimate of drug-likeness (QED) is 0.477. The molecule has 0 unspecified atom stereocenters. The summed E-state index contributed by atoms with van der Waals surface area (Å²) in [4.78, 5) is 24.1. The number of esters is 1. The standard InChI is InChI=1S/C21H23N5O3S/c1-12-8-14(3)19(15(4)9-12)26-21(23-24-25-26)30-11-18(27)22-17-7-6-16(10-13(17)2)20(28)29-5/h6-10H,11H2,1-5H3,(H,22,27). The van der Waals surface area contributed by atoms with E-state index in [0.29, 0.717) is 16.4 Å². The molecule has 0 radical (unpaired) electrons. The monoisotopic (exact) mass is 425 g/mol. The molecule has 0 saturated carbocycles. The van der Waals surface area contributed by atoms with Crippen molar-refractivity contribution in [3.63, 3.8) is 0 Å². The van der Waals surface area contributed by atoms with E-state index in [-0.39, 0.29) is 11.7 Å². The summed E-state index contributed by atoms with van der Waals surface area (Å²) in [5, 5.41) is 15.4. The van der Waals surface area contributed by atoms with Crippen LogP contribution in [0.5, 0.6) is 0 Å². The molecule has 0 fully saturated rings. The molecule has 3 aromatic rings. The molecule has 1 heterocycles. The number of rotatable bonds is 6. The summed E-state index contributed by atoms with van der Waals surface area (Å²) < 4.78 is 6.38. The van der Waals surface area contributed by atoms with Crippen molar-refractivity contribution in [2.45, 2.75) is 32.9 Å². The predicted octanol–water partition coefficient (Wildman–Crippen LogP) is 3.41. The number of thioether (sulfide) groups is 1. The number of aromatic nitrogens is 4. The lowest BCUT2D eigenvalue weighted by Gasteiger charge is -2.12. The van der Waals surface area contributed by atoms with E-state index in [0.717, 1.165) is 22.4 Å². The van der Waals surface area contributed by atoms with Crippen LogP contribution < -0.4 is 5.32 Å². The minimum atomic E-state index is -0.417. The van der Waals surface area contributed by atoms with Gasteiger partial charge in [-0.3, -0.25) is 4.79 Å². The van der Waals surface area contributed by atoms with Gasteiger partial charge >= 0.3 is 5.97 Å². The van der Waals surface area contributed by atoms with Gasteiger partial charge in [-0.15, -0.1) is 5.10 Å². The van der Waals surface area contributed by atoms with E-state index in [1.54, 1.807) is 22.9 Å². The normalized spacial score (nSPS) is 10.7. The van der Waals surface area contributed by atoms with Crippen molar-refractivity contribution in [3.05, 3.63) is 58.1 Å². The minimum absolute atomic E-state index is 0.141. The Morgan fingerprint density at radius 1 is 1.07 bits per heavy atom. The first-order valence-corrected chi connectivity index (χ1v) is 10.3. The first kappa shape index (κ1) is 21.5. The smallest absolute Gasteiger partial charge is 0.337 e. The van der Waals surface area contributed by atoms with Gasteiger partial charge < -0.3 is 10.1 Å². The number of tetrazole rings is 1. The fraction of sp³-hybridized carbons (Fsp3) is 0.286. The van der Waals surface area contributed by atoms with Crippen LogP contribution in [-0.2, 0) is 9.53 Å². The lowest BCUT2D eigenvalue weighted by molar-refractivity contribution is -0.113. The fourth-order valence-corrected chi connectivity index (χ4v) is 3.96. The van der Waals surface area contributed by atoms with E-state index in [1.807, 2.05) is 27.7 Å². The molecule has 0 bridgehead atoms.